The molecule has 0 aromatic heterocycles. The van der Waals surface area contributed by atoms with Crippen molar-refractivity contribution in [2.24, 2.45) is 0 Å². The number of hydrogen-bond acceptors (Lipinski definition) is 0. The molecule has 0 aliphatic heterocycles. The van der Waals surface area contributed by atoms with Gasteiger partial charge in [-0.05, 0) is 40.1 Å². The standard InChI is InChI=1S/C16H10/c1-2-6-13(7-3-1)16-11-10-14-8-4-5-9-15(14)12-16/h1-7,10-12H. The van der Waals surface area contributed by atoms with Gasteiger partial charge in [0.2, 0.25) is 0 Å². The molecule has 0 amide bonds. The van der Waals surface area contributed by atoms with Crippen LogP contribution in [0, 0.1) is 12.1 Å². The molecule has 0 aliphatic rings. The SMILES string of the molecule is [c]1cc[c]c2cc(-c3ccccc3)ccc12. The summed E-state index contributed by atoms with van der Waals surface area (Å²) in [4.78, 5) is 0. The molecular formula is C16H10. The van der Waals surface area contributed by atoms with E-state index in [2.05, 4.69) is 54.6 Å². The predicted octanol–water partition coefficient (Wildman–Crippen LogP) is 4.11. The summed E-state index contributed by atoms with van der Waals surface area (Å²) in [6, 6.07) is 27.0. The van der Waals surface area contributed by atoms with Gasteiger partial charge in [0.05, 0.1) is 0 Å². The lowest BCUT2D eigenvalue weighted by molar-refractivity contribution is 1.64. The summed E-state index contributed by atoms with van der Waals surface area (Å²) in [5.74, 6) is 0. The summed E-state index contributed by atoms with van der Waals surface area (Å²) in [6.45, 7) is 0. The Morgan fingerprint density at radius 1 is 0.625 bits per heavy atom. The minimum absolute atomic E-state index is 1.11. The van der Waals surface area contributed by atoms with Crippen LogP contribution >= 0.6 is 0 Å². The van der Waals surface area contributed by atoms with E-state index >= 15 is 0 Å². The molecule has 2 radical (unpaired) electrons. The lowest BCUT2D eigenvalue weighted by Crippen LogP contribution is -1.78. The second kappa shape index (κ2) is 3.82. The summed E-state index contributed by atoms with van der Waals surface area (Å²) < 4.78 is 0. The quantitative estimate of drug-likeness (QED) is 0.557. The van der Waals surface area contributed by atoms with E-state index in [1.54, 1.807) is 0 Å². The van der Waals surface area contributed by atoms with Crippen molar-refractivity contribution in [1.82, 2.24) is 0 Å². The van der Waals surface area contributed by atoms with Gasteiger partial charge in [0.15, 0.2) is 0 Å². The molecule has 0 aliphatic carbocycles. The van der Waals surface area contributed by atoms with E-state index in [0.717, 1.165) is 10.8 Å². The average Bonchev–Trinajstić information content (AvgIpc) is 2.39. The first-order valence-electron chi connectivity index (χ1n) is 5.31. The van der Waals surface area contributed by atoms with Gasteiger partial charge < -0.3 is 0 Å². The second-order valence-corrected chi connectivity index (χ2v) is 3.75. The van der Waals surface area contributed by atoms with Gasteiger partial charge in [0.25, 0.3) is 0 Å². The van der Waals surface area contributed by atoms with E-state index in [1.807, 2.05) is 18.2 Å². The van der Waals surface area contributed by atoms with Crippen LogP contribution in [0.2, 0.25) is 0 Å². The van der Waals surface area contributed by atoms with Crippen LogP contribution in [0.15, 0.2) is 60.7 Å². The van der Waals surface area contributed by atoms with Crippen LogP contribution in [0.4, 0.5) is 0 Å². The van der Waals surface area contributed by atoms with Crippen molar-refractivity contribution in [1.29, 1.82) is 0 Å². The maximum absolute atomic E-state index is 3.23. The molecule has 0 fully saturated rings. The Bertz CT molecular complexity index is 609. The first kappa shape index (κ1) is 9.17. The lowest BCUT2D eigenvalue weighted by atomic mass is 10.0. The molecule has 3 rings (SSSR count). The molecule has 0 unspecified atom stereocenters. The highest BCUT2D eigenvalue weighted by atomic mass is 14.0. The summed E-state index contributed by atoms with van der Waals surface area (Å²) >= 11 is 0. The van der Waals surface area contributed by atoms with Crippen LogP contribution in [0.5, 0.6) is 0 Å². The van der Waals surface area contributed by atoms with Gasteiger partial charge in [-0.3, -0.25) is 0 Å². The fraction of sp³-hybridized carbons (Fsp3) is 0. The Labute approximate surface area is 95.2 Å². The zero-order valence-corrected chi connectivity index (χ0v) is 8.77. The minimum Gasteiger partial charge on any atom is -0.0622 e. The van der Waals surface area contributed by atoms with Gasteiger partial charge in [0, 0.05) is 0 Å². The molecule has 74 valence electrons. The first-order chi connectivity index (χ1) is 7.93. The van der Waals surface area contributed by atoms with Crippen LogP contribution in [0.25, 0.3) is 21.9 Å². The highest BCUT2D eigenvalue weighted by Gasteiger charge is 1.98. The van der Waals surface area contributed by atoms with Gasteiger partial charge in [0.1, 0.15) is 0 Å². The minimum atomic E-state index is 1.11. The van der Waals surface area contributed by atoms with Crippen LogP contribution in [-0.4, -0.2) is 0 Å². The third-order valence-electron chi connectivity index (χ3n) is 2.69. The van der Waals surface area contributed by atoms with Crippen LogP contribution in [-0.2, 0) is 0 Å². The van der Waals surface area contributed by atoms with E-state index in [4.69, 9.17) is 0 Å². The number of fused-ring (bicyclic) bond motifs is 1. The number of benzene rings is 3. The molecule has 0 bridgehead atoms. The molecule has 0 heteroatoms. The first-order valence-corrected chi connectivity index (χ1v) is 5.31. The zero-order valence-electron chi connectivity index (χ0n) is 8.77. The van der Waals surface area contributed by atoms with Crippen molar-refractivity contribution in [3.63, 3.8) is 0 Å². The van der Waals surface area contributed by atoms with Crippen LogP contribution in [0.3, 0.4) is 0 Å². The van der Waals surface area contributed by atoms with Gasteiger partial charge >= 0.3 is 0 Å². The maximum atomic E-state index is 3.23. The van der Waals surface area contributed by atoms with Crippen molar-refractivity contribution in [2.45, 2.75) is 0 Å². The molecule has 0 N–H and O–H groups in total. The second-order valence-electron chi connectivity index (χ2n) is 3.75. The summed E-state index contributed by atoms with van der Waals surface area (Å²) in [5, 5.41) is 2.23. The largest absolute Gasteiger partial charge is 0.0622 e. The molecule has 0 spiro atoms. The third-order valence-corrected chi connectivity index (χ3v) is 2.69. The molecule has 3 aromatic rings. The molecule has 0 saturated carbocycles. The van der Waals surface area contributed by atoms with Crippen LogP contribution in [0.1, 0.15) is 0 Å². The molecule has 0 atom stereocenters. The highest BCUT2D eigenvalue weighted by Crippen LogP contribution is 2.23. The third kappa shape index (κ3) is 1.59. The van der Waals surface area contributed by atoms with E-state index in [1.165, 1.54) is 11.1 Å². The lowest BCUT2D eigenvalue weighted by Gasteiger charge is -2.03. The number of hydrogen-bond donors (Lipinski definition) is 0. The Morgan fingerprint density at radius 3 is 2.19 bits per heavy atom. The van der Waals surface area contributed by atoms with Crippen molar-refractivity contribution in [3.8, 4) is 11.1 Å². The normalized spacial score (nSPS) is 10.5. The monoisotopic (exact) mass is 202 g/mol. The summed E-state index contributed by atoms with van der Waals surface area (Å²) in [6.07, 6.45) is 0. The van der Waals surface area contributed by atoms with Gasteiger partial charge in [-0.25, -0.2) is 0 Å². The van der Waals surface area contributed by atoms with E-state index < -0.39 is 0 Å². The highest BCUT2D eigenvalue weighted by molar-refractivity contribution is 5.86. The molecular weight excluding hydrogens is 192 g/mol. The van der Waals surface area contributed by atoms with E-state index in [0.29, 0.717) is 0 Å². The van der Waals surface area contributed by atoms with Crippen molar-refractivity contribution >= 4 is 10.8 Å². The Kier molecular flexibility index (Phi) is 2.19. The Hall–Kier alpha value is -2.08. The van der Waals surface area contributed by atoms with Gasteiger partial charge in [-0.1, -0.05) is 54.6 Å². The van der Waals surface area contributed by atoms with Crippen molar-refractivity contribution < 1.29 is 0 Å². The van der Waals surface area contributed by atoms with Gasteiger partial charge in [-0.2, -0.15) is 0 Å². The predicted molar refractivity (Wildman–Crippen MR) is 67.1 cm³/mol. The Balaban J connectivity index is 2.19. The Morgan fingerprint density at radius 2 is 1.38 bits per heavy atom. The fourth-order valence-electron chi connectivity index (χ4n) is 1.86. The van der Waals surface area contributed by atoms with E-state index in [9.17, 15) is 0 Å². The number of rotatable bonds is 1. The summed E-state index contributed by atoms with van der Waals surface area (Å²) in [5.41, 5.74) is 2.46. The van der Waals surface area contributed by atoms with Crippen LogP contribution < -0.4 is 0 Å². The molecule has 16 heavy (non-hydrogen) atoms. The van der Waals surface area contributed by atoms with Crippen molar-refractivity contribution in [2.75, 3.05) is 0 Å². The topological polar surface area (TPSA) is 0 Å². The van der Waals surface area contributed by atoms with Gasteiger partial charge in [-0.15, -0.1) is 0 Å². The summed E-state index contributed by atoms with van der Waals surface area (Å²) in [7, 11) is 0. The smallest absolute Gasteiger partial charge is 0.00928 e. The fourth-order valence-corrected chi connectivity index (χ4v) is 1.86. The maximum Gasteiger partial charge on any atom is -0.00928 e. The zero-order chi connectivity index (χ0) is 10.8. The van der Waals surface area contributed by atoms with Crippen molar-refractivity contribution in [3.05, 3.63) is 72.8 Å². The molecule has 3 aromatic carbocycles. The molecule has 0 heterocycles. The molecule has 0 saturated heterocycles. The average molecular weight is 202 g/mol. The van der Waals surface area contributed by atoms with E-state index in [-0.39, 0.29) is 0 Å². The molecule has 0 nitrogen and oxygen atoms in total.